The number of carbonyl (C=O) groups excluding carboxylic acids is 2. The summed E-state index contributed by atoms with van der Waals surface area (Å²) < 4.78 is 10.0. The Morgan fingerprint density at radius 3 is 2.59 bits per heavy atom. The Morgan fingerprint density at radius 1 is 1.36 bits per heavy atom. The van der Waals surface area contributed by atoms with Crippen LogP contribution in [-0.4, -0.2) is 26.1 Å². The number of ether oxygens (including phenoxy) is 2. The molecule has 1 aliphatic rings. The molecule has 1 saturated carbocycles. The summed E-state index contributed by atoms with van der Waals surface area (Å²) in [4.78, 5) is 24.1. The number of carbonyl (C=O) groups is 2. The number of hydrogen-bond donors (Lipinski definition) is 1. The number of methoxy groups -OCH3 is 2. The van der Waals surface area contributed by atoms with Gasteiger partial charge in [-0.05, 0) is 37.0 Å². The van der Waals surface area contributed by atoms with E-state index < -0.39 is 5.54 Å². The van der Waals surface area contributed by atoms with Crippen molar-refractivity contribution in [1.82, 2.24) is 5.32 Å². The molecule has 1 aliphatic carbocycles. The van der Waals surface area contributed by atoms with Gasteiger partial charge in [0.25, 0.3) is 0 Å². The van der Waals surface area contributed by atoms with Crippen LogP contribution in [0.1, 0.15) is 32.3 Å². The van der Waals surface area contributed by atoms with Gasteiger partial charge in [0, 0.05) is 5.92 Å². The summed E-state index contributed by atoms with van der Waals surface area (Å²) in [5.41, 5.74) is 0.00000283. The SMILES string of the molecule is COC(=O)C[C@](C)(NC(=O)[C@H]1C[C@@H]1C)c1cccc(OC)c1. The first-order chi connectivity index (χ1) is 10.4. The molecule has 0 aromatic heterocycles. The fourth-order valence-corrected chi connectivity index (χ4v) is 2.60. The Kier molecular flexibility index (Phi) is 4.74. The van der Waals surface area contributed by atoms with Gasteiger partial charge in [-0.25, -0.2) is 0 Å². The number of nitrogens with one attached hydrogen (secondary N) is 1. The standard InChI is InChI=1S/C17H23NO4/c1-11-8-14(11)16(20)18-17(2,10-15(19)22-4)12-6-5-7-13(9-12)21-3/h5-7,9,11,14H,8,10H2,1-4H3,(H,18,20)/t11-,14-,17-/m0/s1. The van der Waals surface area contributed by atoms with Crippen molar-refractivity contribution in [3.63, 3.8) is 0 Å². The van der Waals surface area contributed by atoms with Gasteiger partial charge in [-0.15, -0.1) is 0 Å². The largest absolute Gasteiger partial charge is 0.497 e. The van der Waals surface area contributed by atoms with Crippen molar-refractivity contribution in [3.05, 3.63) is 29.8 Å². The van der Waals surface area contributed by atoms with Crippen LogP contribution in [0.2, 0.25) is 0 Å². The second-order valence-corrected chi connectivity index (χ2v) is 6.13. The third-order valence-corrected chi connectivity index (χ3v) is 4.28. The van der Waals surface area contributed by atoms with Crippen molar-refractivity contribution in [2.24, 2.45) is 11.8 Å². The molecule has 0 bridgehead atoms. The van der Waals surface area contributed by atoms with Crippen LogP contribution in [0.5, 0.6) is 5.75 Å². The Hall–Kier alpha value is -2.04. The number of benzene rings is 1. The Morgan fingerprint density at radius 2 is 2.05 bits per heavy atom. The molecule has 0 radical (unpaired) electrons. The fraction of sp³-hybridized carbons (Fsp3) is 0.529. The minimum absolute atomic E-state index is 0.0123. The summed E-state index contributed by atoms with van der Waals surface area (Å²) >= 11 is 0. The molecule has 0 saturated heterocycles. The normalized spacial score (nSPS) is 22.4. The molecule has 1 fully saturated rings. The summed E-state index contributed by atoms with van der Waals surface area (Å²) in [6.07, 6.45) is 0.974. The van der Waals surface area contributed by atoms with Gasteiger partial charge in [0.1, 0.15) is 5.75 Å². The maximum Gasteiger partial charge on any atom is 0.308 e. The van der Waals surface area contributed by atoms with Crippen LogP contribution in [0.25, 0.3) is 0 Å². The molecule has 1 aromatic rings. The summed E-state index contributed by atoms with van der Waals surface area (Å²) in [7, 11) is 2.93. The lowest BCUT2D eigenvalue weighted by Crippen LogP contribution is -2.46. The average Bonchev–Trinajstić information content (AvgIpc) is 3.24. The lowest BCUT2D eigenvalue weighted by atomic mass is 9.88. The predicted molar refractivity (Wildman–Crippen MR) is 82.4 cm³/mol. The van der Waals surface area contributed by atoms with Crippen molar-refractivity contribution in [2.75, 3.05) is 14.2 Å². The lowest BCUT2D eigenvalue weighted by Gasteiger charge is -2.31. The van der Waals surface area contributed by atoms with Crippen LogP contribution in [-0.2, 0) is 19.9 Å². The van der Waals surface area contributed by atoms with Gasteiger partial charge in [0.2, 0.25) is 5.91 Å². The van der Waals surface area contributed by atoms with E-state index in [9.17, 15) is 9.59 Å². The molecule has 120 valence electrons. The molecule has 1 N–H and O–H groups in total. The Bertz CT molecular complexity index is 572. The zero-order valence-corrected chi connectivity index (χ0v) is 13.5. The monoisotopic (exact) mass is 305 g/mol. The van der Waals surface area contributed by atoms with E-state index >= 15 is 0 Å². The summed E-state index contributed by atoms with van der Waals surface area (Å²) in [5, 5.41) is 3.02. The van der Waals surface area contributed by atoms with Crippen LogP contribution in [0.3, 0.4) is 0 Å². The van der Waals surface area contributed by atoms with Gasteiger partial charge >= 0.3 is 5.97 Å². The summed E-state index contributed by atoms with van der Waals surface area (Å²) in [5.74, 6) is 0.758. The minimum atomic E-state index is -0.818. The molecule has 5 nitrogen and oxygen atoms in total. The van der Waals surface area contributed by atoms with Crippen LogP contribution in [0.15, 0.2) is 24.3 Å². The summed E-state index contributed by atoms with van der Waals surface area (Å²) in [6.45, 7) is 3.89. The van der Waals surface area contributed by atoms with Gasteiger partial charge in [-0.3, -0.25) is 9.59 Å². The van der Waals surface area contributed by atoms with Crippen molar-refractivity contribution in [1.29, 1.82) is 0 Å². The van der Waals surface area contributed by atoms with E-state index in [-0.39, 0.29) is 24.2 Å². The molecule has 22 heavy (non-hydrogen) atoms. The lowest BCUT2D eigenvalue weighted by molar-refractivity contribution is -0.142. The van der Waals surface area contributed by atoms with Gasteiger partial charge in [-0.1, -0.05) is 19.1 Å². The average molecular weight is 305 g/mol. The Balaban J connectivity index is 2.27. The molecule has 1 aromatic carbocycles. The van der Waals surface area contributed by atoms with Crippen LogP contribution >= 0.6 is 0 Å². The molecular formula is C17H23NO4. The van der Waals surface area contributed by atoms with E-state index in [0.717, 1.165) is 12.0 Å². The topological polar surface area (TPSA) is 64.6 Å². The zero-order valence-electron chi connectivity index (χ0n) is 13.5. The maximum absolute atomic E-state index is 12.3. The van der Waals surface area contributed by atoms with E-state index in [0.29, 0.717) is 11.7 Å². The second-order valence-electron chi connectivity index (χ2n) is 6.13. The highest BCUT2D eigenvalue weighted by molar-refractivity contribution is 5.83. The summed E-state index contributed by atoms with van der Waals surface area (Å²) in [6, 6.07) is 7.38. The van der Waals surface area contributed by atoms with E-state index in [4.69, 9.17) is 9.47 Å². The smallest absolute Gasteiger partial charge is 0.308 e. The fourth-order valence-electron chi connectivity index (χ4n) is 2.60. The van der Waals surface area contributed by atoms with E-state index in [1.54, 1.807) is 7.11 Å². The van der Waals surface area contributed by atoms with Crippen molar-refractivity contribution < 1.29 is 19.1 Å². The first-order valence-electron chi connectivity index (χ1n) is 7.43. The number of amides is 1. The van der Waals surface area contributed by atoms with E-state index in [2.05, 4.69) is 5.32 Å². The molecule has 2 rings (SSSR count). The molecule has 0 heterocycles. The maximum atomic E-state index is 12.3. The molecule has 1 amide bonds. The predicted octanol–water partition coefficient (Wildman–Crippen LogP) is 2.25. The van der Waals surface area contributed by atoms with Gasteiger partial charge in [0.05, 0.1) is 26.2 Å². The van der Waals surface area contributed by atoms with Crippen LogP contribution in [0.4, 0.5) is 0 Å². The van der Waals surface area contributed by atoms with E-state index in [1.165, 1.54) is 7.11 Å². The number of esters is 1. The van der Waals surface area contributed by atoms with Gasteiger partial charge < -0.3 is 14.8 Å². The number of rotatable bonds is 6. The van der Waals surface area contributed by atoms with Crippen LogP contribution < -0.4 is 10.1 Å². The first kappa shape index (κ1) is 16.3. The molecule has 0 aliphatic heterocycles. The highest BCUT2D eigenvalue weighted by atomic mass is 16.5. The molecular weight excluding hydrogens is 282 g/mol. The van der Waals surface area contributed by atoms with Gasteiger partial charge in [0.15, 0.2) is 0 Å². The Labute approximate surface area is 131 Å². The van der Waals surface area contributed by atoms with E-state index in [1.807, 2.05) is 38.1 Å². The quantitative estimate of drug-likeness (QED) is 0.819. The third kappa shape index (κ3) is 3.59. The molecule has 5 heteroatoms. The molecule has 0 unspecified atom stereocenters. The minimum Gasteiger partial charge on any atom is -0.497 e. The molecule has 0 spiro atoms. The number of hydrogen-bond acceptors (Lipinski definition) is 4. The molecule has 3 atom stereocenters. The second kappa shape index (κ2) is 6.38. The van der Waals surface area contributed by atoms with Gasteiger partial charge in [-0.2, -0.15) is 0 Å². The highest BCUT2D eigenvalue weighted by Crippen LogP contribution is 2.39. The first-order valence-corrected chi connectivity index (χ1v) is 7.43. The van der Waals surface area contributed by atoms with Crippen molar-refractivity contribution in [3.8, 4) is 5.75 Å². The third-order valence-electron chi connectivity index (χ3n) is 4.28. The highest BCUT2D eigenvalue weighted by Gasteiger charge is 2.42. The van der Waals surface area contributed by atoms with Crippen molar-refractivity contribution in [2.45, 2.75) is 32.2 Å². The zero-order chi connectivity index (χ0) is 16.3. The van der Waals surface area contributed by atoms with Crippen LogP contribution in [0, 0.1) is 11.8 Å². The van der Waals surface area contributed by atoms with Crippen molar-refractivity contribution >= 4 is 11.9 Å².